The maximum absolute atomic E-state index is 12.2. The third kappa shape index (κ3) is 1.43. The molecule has 0 saturated carbocycles. The van der Waals surface area contributed by atoms with E-state index in [1.807, 2.05) is 34.9 Å². The van der Waals surface area contributed by atoms with Gasteiger partial charge in [-0.2, -0.15) is 0 Å². The Kier molecular flexibility index (Phi) is 2.78. The van der Waals surface area contributed by atoms with Crippen molar-refractivity contribution in [1.29, 1.82) is 0 Å². The summed E-state index contributed by atoms with van der Waals surface area (Å²) in [5, 5.41) is 0.999. The number of rotatable bonds is 2. The van der Waals surface area contributed by atoms with Crippen molar-refractivity contribution < 1.29 is 19.1 Å². The van der Waals surface area contributed by atoms with Crippen LogP contribution in [0.4, 0.5) is 0 Å². The zero-order valence-corrected chi connectivity index (χ0v) is 11.4. The minimum absolute atomic E-state index is 0.368. The Labute approximate surface area is 116 Å². The average Bonchev–Trinajstić information content (AvgIpc) is 3.03. The fourth-order valence-corrected chi connectivity index (χ4v) is 3.06. The predicted octanol–water partition coefficient (Wildman–Crippen LogP) is 1.63. The summed E-state index contributed by atoms with van der Waals surface area (Å²) in [6.45, 7) is 0.590. The van der Waals surface area contributed by atoms with Crippen LogP contribution in [0.15, 0.2) is 30.3 Å². The van der Waals surface area contributed by atoms with Crippen molar-refractivity contribution >= 4 is 22.8 Å². The summed E-state index contributed by atoms with van der Waals surface area (Å²) < 4.78 is 11.7. The SMILES string of the molecule is COC(=O)C1(C(=O)OC)CCn2c1cc1ccccc12. The summed E-state index contributed by atoms with van der Waals surface area (Å²) in [6, 6.07) is 9.67. The molecule has 1 aromatic carbocycles. The van der Waals surface area contributed by atoms with Gasteiger partial charge in [0, 0.05) is 17.8 Å². The molecule has 1 aromatic heterocycles. The number of aryl methyl sites for hydroxylation is 1. The number of hydrogen-bond donors (Lipinski definition) is 0. The summed E-state index contributed by atoms with van der Waals surface area (Å²) >= 11 is 0. The van der Waals surface area contributed by atoms with E-state index in [1.165, 1.54) is 14.2 Å². The molecule has 5 nitrogen and oxygen atoms in total. The number of para-hydroxylation sites is 1. The van der Waals surface area contributed by atoms with Crippen LogP contribution in [0.1, 0.15) is 12.1 Å². The molecule has 0 fully saturated rings. The number of carbonyl (C=O) groups excluding carboxylic acids is 2. The zero-order valence-electron chi connectivity index (χ0n) is 11.4. The Morgan fingerprint density at radius 3 is 2.45 bits per heavy atom. The molecule has 1 aliphatic heterocycles. The third-order valence-corrected chi connectivity index (χ3v) is 4.03. The quantitative estimate of drug-likeness (QED) is 0.616. The second-order valence-electron chi connectivity index (χ2n) is 4.88. The Morgan fingerprint density at radius 1 is 1.15 bits per heavy atom. The van der Waals surface area contributed by atoms with E-state index in [2.05, 4.69) is 0 Å². The molecule has 0 radical (unpaired) electrons. The van der Waals surface area contributed by atoms with Crippen molar-refractivity contribution in [2.24, 2.45) is 0 Å². The summed E-state index contributed by atoms with van der Waals surface area (Å²) in [5.41, 5.74) is 0.317. The van der Waals surface area contributed by atoms with Gasteiger partial charge in [0.25, 0.3) is 0 Å². The second kappa shape index (κ2) is 4.37. The smallest absolute Gasteiger partial charge is 0.329 e. The third-order valence-electron chi connectivity index (χ3n) is 4.03. The first kappa shape index (κ1) is 12.7. The molecule has 1 aliphatic rings. The van der Waals surface area contributed by atoms with Gasteiger partial charge < -0.3 is 14.0 Å². The van der Waals surface area contributed by atoms with Crippen LogP contribution in [-0.4, -0.2) is 30.7 Å². The Bertz CT molecular complexity index is 685. The van der Waals surface area contributed by atoms with E-state index in [9.17, 15) is 9.59 Å². The maximum atomic E-state index is 12.2. The standard InChI is InChI=1S/C15H15NO4/c1-19-13(17)15(14(18)20-2)7-8-16-11-6-4-3-5-10(11)9-12(15)16/h3-6,9H,7-8H2,1-2H3. The van der Waals surface area contributed by atoms with Crippen molar-refractivity contribution in [3.8, 4) is 0 Å². The van der Waals surface area contributed by atoms with Crippen LogP contribution < -0.4 is 0 Å². The van der Waals surface area contributed by atoms with Gasteiger partial charge in [-0.05, 0) is 23.9 Å². The lowest BCUT2D eigenvalue weighted by atomic mass is 9.83. The molecule has 3 rings (SSSR count). The number of esters is 2. The fraction of sp³-hybridized carbons (Fsp3) is 0.333. The van der Waals surface area contributed by atoms with Crippen molar-refractivity contribution in [1.82, 2.24) is 4.57 Å². The van der Waals surface area contributed by atoms with Gasteiger partial charge in [0.1, 0.15) is 0 Å². The lowest BCUT2D eigenvalue weighted by molar-refractivity contribution is -0.161. The lowest BCUT2D eigenvalue weighted by Gasteiger charge is -2.22. The number of fused-ring (bicyclic) bond motifs is 3. The van der Waals surface area contributed by atoms with Crippen molar-refractivity contribution in [3.63, 3.8) is 0 Å². The number of ether oxygens (including phenoxy) is 2. The molecular weight excluding hydrogens is 258 g/mol. The van der Waals surface area contributed by atoms with Crippen LogP contribution >= 0.6 is 0 Å². The summed E-state index contributed by atoms with van der Waals surface area (Å²) in [4.78, 5) is 24.5. The Morgan fingerprint density at radius 2 is 1.80 bits per heavy atom. The van der Waals surface area contributed by atoms with Gasteiger partial charge in [-0.3, -0.25) is 9.59 Å². The second-order valence-corrected chi connectivity index (χ2v) is 4.88. The molecular formula is C15H15NO4. The monoisotopic (exact) mass is 273 g/mol. The molecule has 0 saturated heterocycles. The first-order valence-corrected chi connectivity index (χ1v) is 6.40. The highest BCUT2D eigenvalue weighted by Gasteiger charge is 2.55. The molecule has 0 unspecified atom stereocenters. The van der Waals surface area contributed by atoms with Gasteiger partial charge in [0.05, 0.1) is 14.2 Å². The molecule has 0 atom stereocenters. The summed E-state index contributed by atoms with van der Waals surface area (Å²) in [5.74, 6) is -1.13. The molecule has 0 amide bonds. The Hall–Kier alpha value is -2.30. The molecule has 0 N–H and O–H groups in total. The molecule has 20 heavy (non-hydrogen) atoms. The fourth-order valence-electron chi connectivity index (χ4n) is 3.06. The van der Waals surface area contributed by atoms with Crippen LogP contribution in [-0.2, 0) is 31.0 Å². The van der Waals surface area contributed by atoms with E-state index < -0.39 is 17.4 Å². The zero-order chi connectivity index (χ0) is 14.3. The topological polar surface area (TPSA) is 57.5 Å². The van der Waals surface area contributed by atoms with Crippen LogP contribution in [0.25, 0.3) is 10.9 Å². The van der Waals surface area contributed by atoms with E-state index in [0.717, 1.165) is 10.9 Å². The highest BCUT2D eigenvalue weighted by atomic mass is 16.5. The molecule has 104 valence electrons. The molecule has 2 aromatic rings. The van der Waals surface area contributed by atoms with Crippen LogP contribution in [0, 0.1) is 0 Å². The van der Waals surface area contributed by atoms with Gasteiger partial charge in [-0.15, -0.1) is 0 Å². The largest absolute Gasteiger partial charge is 0.468 e. The molecule has 0 bridgehead atoms. The first-order chi connectivity index (χ1) is 9.65. The number of benzene rings is 1. The van der Waals surface area contributed by atoms with Crippen LogP contribution in [0.2, 0.25) is 0 Å². The number of hydrogen-bond acceptors (Lipinski definition) is 4. The number of carbonyl (C=O) groups is 2. The van der Waals surface area contributed by atoms with Crippen LogP contribution in [0.3, 0.4) is 0 Å². The van der Waals surface area contributed by atoms with Crippen molar-refractivity contribution in [2.75, 3.05) is 14.2 Å². The first-order valence-electron chi connectivity index (χ1n) is 6.40. The minimum atomic E-state index is -1.34. The predicted molar refractivity (Wildman–Crippen MR) is 72.3 cm³/mol. The van der Waals surface area contributed by atoms with Crippen molar-refractivity contribution in [2.45, 2.75) is 18.4 Å². The maximum Gasteiger partial charge on any atom is 0.329 e. The highest BCUT2D eigenvalue weighted by Crippen LogP contribution is 2.41. The summed E-state index contributed by atoms with van der Waals surface area (Å²) in [6.07, 6.45) is 0.368. The minimum Gasteiger partial charge on any atom is -0.468 e. The van der Waals surface area contributed by atoms with E-state index in [4.69, 9.17) is 9.47 Å². The number of aromatic nitrogens is 1. The normalized spacial score (nSPS) is 15.9. The molecule has 5 heteroatoms. The van der Waals surface area contributed by atoms with Gasteiger partial charge in [0.15, 0.2) is 0 Å². The molecule has 0 spiro atoms. The number of methoxy groups -OCH3 is 2. The van der Waals surface area contributed by atoms with Gasteiger partial charge in [0.2, 0.25) is 5.41 Å². The van der Waals surface area contributed by atoms with Crippen LogP contribution in [0.5, 0.6) is 0 Å². The molecule has 2 heterocycles. The van der Waals surface area contributed by atoms with E-state index in [-0.39, 0.29) is 0 Å². The molecule has 0 aliphatic carbocycles. The van der Waals surface area contributed by atoms with E-state index >= 15 is 0 Å². The van der Waals surface area contributed by atoms with Crippen molar-refractivity contribution in [3.05, 3.63) is 36.0 Å². The average molecular weight is 273 g/mol. The highest BCUT2D eigenvalue weighted by molar-refractivity contribution is 6.07. The van der Waals surface area contributed by atoms with E-state index in [0.29, 0.717) is 18.7 Å². The lowest BCUT2D eigenvalue weighted by Crippen LogP contribution is -2.43. The Balaban J connectivity index is 2.27. The van der Waals surface area contributed by atoms with E-state index in [1.54, 1.807) is 0 Å². The van der Waals surface area contributed by atoms with Gasteiger partial charge >= 0.3 is 11.9 Å². The van der Waals surface area contributed by atoms with Gasteiger partial charge in [-0.1, -0.05) is 18.2 Å². The van der Waals surface area contributed by atoms with Gasteiger partial charge in [-0.25, -0.2) is 0 Å². The number of nitrogens with zero attached hydrogens (tertiary/aromatic N) is 1. The summed E-state index contributed by atoms with van der Waals surface area (Å²) in [7, 11) is 2.58.